The molecule has 0 radical (unpaired) electrons. The van der Waals surface area contributed by atoms with Crippen LogP contribution >= 0.6 is 11.3 Å². The topological polar surface area (TPSA) is 75.9 Å². The highest BCUT2D eigenvalue weighted by molar-refractivity contribution is 7.16. The summed E-state index contributed by atoms with van der Waals surface area (Å²) in [6.07, 6.45) is 14.0. The fourth-order valence-electron chi connectivity index (χ4n) is 6.08. The Morgan fingerprint density at radius 2 is 1.84 bits per heavy atom. The van der Waals surface area contributed by atoms with Gasteiger partial charge in [-0.1, -0.05) is 37.5 Å². The van der Waals surface area contributed by atoms with Crippen molar-refractivity contribution in [3.8, 4) is 0 Å². The van der Waals surface area contributed by atoms with E-state index in [1.165, 1.54) is 36.1 Å². The van der Waals surface area contributed by atoms with Gasteiger partial charge in [0.2, 0.25) is 5.91 Å². The predicted octanol–water partition coefficient (Wildman–Crippen LogP) is 5.25. The van der Waals surface area contributed by atoms with E-state index in [2.05, 4.69) is 11.4 Å². The Morgan fingerprint density at radius 1 is 1.05 bits per heavy atom. The molecule has 2 aliphatic carbocycles. The maximum Gasteiger partial charge on any atom is 0.254 e. The number of nitrogens with zero attached hydrogens (tertiary/aromatic N) is 3. The second kappa shape index (κ2) is 11.4. The average molecular weight is 533 g/mol. The molecule has 1 saturated carbocycles. The first-order chi connectivity index (χ1) is 18.7. The number of aromatic nitrogens is 1. The van der Waals surface area contributed by atoms with Crippen molar-refractivity contribution < 1.29 is 14.3 Å². The van der Waals surface area contributed by atoms with Gasteiger partial charge in [-0.2, -0.15) is 0 Å². The summed E-state index contributed by atoms with van der Waals surface area (Å²) in [5.74, 6) is 0.145. The Kier molecular flexibility index (Phi) is 7.60. The number of hydrogen-bond acceptors (Lipinski definition) is 5. The van der Waals surface area contributed by atoms with Gasteiger partial charge >= 0.3 is 0 Å². The van der Waals surface area contributed by atoms with E-state index in [0.29, 0.717) is 26.3 Å². The van der Waals surface area contributed by atoms with Crippen LogP contribution in [0.1, 0.15) is 71.3 Å². The maximum absolute atomic E-state index is 13.5. The predicted molar refractivity (Wildman–Crippen MR) is 152 cm³/mol. The van der Waals surface area contributed by atoms with Crippen molar-refractivity contribution >= 4 is 45.3 Å². The van der Waals surface area contributed by atoms with Crippen LogP contribution in [0.25, 0.3) is 10.9 Å². The molecular formula is C30H36N4O3S. The molecule has 2 aromatic heterocycles. The molecule has 2 fully saturated rings. The fraction of sp³-hybridized carbons (Fsp3) is 0.500. The van der Waals surface area contributed by atoms with Gasteiger partial charge in [0.15, 0.2) is 0 Å². The lowest BCUT2D eigenvalue weighted by atomic mass is 9.93. The summed E-state index contributed by atoms with van der Waals surface area (Å²) in [7, 11) is 0. The summed E-state index contributed by atoms with van der Waals surface area (Å²) in [6, 6.07) is 8.41. The molecule has 1 saturated heterocycles. The molecule has 200 valence electrons. The van der Waals surface area contributed by atoms with Gasteiger partial charge in [0, 0.05) is 52.9 Å². The minimum absolute atomic E-state index is 0.0435. The number of aliphatic imine (C=N–C) groups is 1. The zero-order chi connectivity index (χ0) is 25.9. The van der Waals surface area contributed by atoms with E-state index < -0.39 is 0 Å². The van der Waals surface area contributed by atoms with Crippen LogP contribution in [0.15, 0.2) is 35.5 Å². The van der Waals surface area contributed by atoms with Gasteiger partial charge in [0.25, 0.3) is 5.91 Å². The molecule has 3 heterocycles. The van der Waals surface area contributed by atoms with Crippen molar-refractivity contribution in [2.24, 2.45) is 4.99 Å². The summed E-state index contributed by atoms with van der Waals surface area (Å²) in [6.45, 7) is 2.76. The van der Waals surface area contributed by atoms with Crippen molar-refractivity contribution in [2.75, 3.05) is 26.3 Å². The third-order valence-corrected chi connectivity index (χ3v) is 9.33. The molecule has 0 unspecified atom stereocenters. The minimum Gasteiger partial charge on any atom is -0.378 e. The molecule has 0 atom stereocenters. The first-order valence-corrected chi connectivity index (χ1v) is 14.9. The Balaban J connectivity index is 1.29. The number of nitrogens with one attached hydrogen (secondary N) is 1. The van der Waals surface area contributed by atoms with Crippen molar-refractivity contribution in [2.45, 2.75) is 70.4 Å². The number of benzene rings is 1. The highest BCUT2D eigenvalue weighted by Gasteiger charge is 2.27. The Bertz CT molecular complexity index is 1340. The second-order valence-electron chi connectivity index (χ2n) is 10.7. The Morgan fingerprint density at radius 3 is 2.68 bits per heavy atom. The lowest BCUT2D eigenvalue weighted by Crippen LogP contribution is -2.42. The van der Waals surface area contributed by atoms with E-state index in [1.54, 1.807) is 11.3 Å². The molecule has 1 aromatic carbocycles. The summed E-state index contributed by atoms with van der Waals surface area (Å²) in [4.78, 5) is 34.6. The smallest absolute Gasteiger partial charge is 0.254 e. The number of carbonyl (C=O) groups is 2. The monoisotopic (exact) mass is 532 g/mol. The zero-order valence-corrected chi connectivity index (χ0v) is 22.7. The van der Waals surface area contributed by atoms with Gasteiger partial charge < -0.3 is 19.5 Å². The van der Waals surface area contributed by atoms with Gasteiger partial charge in [0.1, 0.15) is 11.5 Å². The van der Waals surface area contributed by atoms with Crippen LogP contribution in [-0.4, -0.2) is 59.8 Å². The quantitative estimate of drug-likeness (QED) is 0.441. The van der Waals surface area contributed by atoms with Gasteiger partial charge in [0.05, 0.1) is 18.8 Å². The summed E-state index contributed by atoms with van der Waals surface area (Å²) < 4.78 is 7.42. The first-order valence-electron chi connectivity index (χ1n) is 14.1. The molecule has 0 bridgehead atoms. The summed E-state index contributed by atoms with van der Waals surface area (Å²) in [5.41, 5.74) is 3.97. The normalized spacial score (nSPS) is 18.7. The van der Waals surface area contributed by atoms with Crippen LogP contribution in [0.2, 0.25) is 0 Å². The van der Waals surface area contributed by atoms with Crippen LogP contribution in [0.5, 0.6) is 0 Å². The van der Waals surface area contributed by atoms with Crippen LogP contribution < -0.4 is 5.32 Å². The molecule has 7 nitrogen and oxygen atoms in total. The molecule has 38 heavy (non-hydrogen) atoms. The van der Waals surface area contributed by atoms with E-state index in [9.17, 15) is 9.59 Å². The third kappa shape index (κ3) is 5.29. The van der Waals surface area contributed by atoms with Crippen molar-refractivity contribution in [3.63, 3.8) is 0 Å². The average Bonchev–Trinajstić information content (AvgIpc) is 3.51. The van der Waals surface area contributed by atoms with Gasteiger partial charge in [-0.25, -0.2) is 4.99 Å². The highest BCUT2D eigenvalue weighted by Crippen LogP contribution is 2.40. The molecular weight excluding hydrogens is 496 g/mol. The number of thiophene rings is 1. The number of carbonyl (C=O) groups excluding carboxylic acids is 2. The van der Waals surface area contributed by atoms with Crippen LogP contribution in [0.4, 0.5) is 5.00 Å². The molecule has 2 amide bonds. The number of fused-ring (bicyclic) bond motifs is 2. The SMILES string of the molecule is O=C(NC1CCCCC1)c1c(N=Cc2cn(CC(=O)N3CCOCC3)c3ccccc23)sc2c1CCCC2. The van der Waals surface area contributed by atoms with Gasteiger partial charge in [-0.15, -0.1) is 11.3 Å². The number of amides is 2. The molecule has 3 aliphatic rings. The van der Waals surface area contributed by atoms with Crippen LogP contribution in [0, 0.1) is 0 Å². The molecule has 6 rings (SSSR count). The van der Waals surface area contributed by atoms with Crippen molar-refractivity contribution in [3.05, 3.63) is 52.0 Å². The van der Waals surface area contributed by atoms with Crippen LogP contribution in [-0.2, 0) is 28.9 Å². The molecule has 8 heteroatoms. The van der Waals surface area contributed by atoms with Crippen LogP contribution in [0.3, 0.4) is 0 Å². The highest BCUT2D eigenvalue weighted by atomic mass is 32.1. The Hall–Kier alpha value is -2.97. The lowest BCUT2D eigenvalue weighted by Gasteiger charge is -2.27. The van der Waals surface area contributed by atoms with E-state index in [4.69, 9.17) is 9.73 Å². The zero-order valence-electron chi connectivity index (χ0n) is 21.9. The summed E-state index contributed by atoms with van der Waals surface area (Å²) in [5, 5.41) is 5.20. The number of aryl methyl sites for hydroxylation is 1. The largest absolute Gasteiger partial charge is 0.378 e. The number of para-hydroxylation sites is 1. The van der Waals surface area contributed by atoms with E-state index in [1.807, 2.05) is 40.1 Å². The van der Waals surface area contributed by atoms with E-state index in [-0.39, 0.29) is 24.4 Å². The number of hydrogen-bond donors (Lipinski definition) is 1. The van der Waals surface area contributed by atoms with E-state index >= 15 is 0 Å². The fourth-order valence-corrected chi connectivity index (χ4v) is 7.31. The second-order valence-corrected chi connectivity index (χ2v) is 11.8. The number of ether oxygens (including phenoxy) is 1. The number of rotatable bonds is 6. The third-order valence-electron chi connectivity index (χ3n) is 8.13. The van der Waals surface area contributed by atoms with Gasteiger partial charge in [-0.05, 0) is 50.2 Å². The Labute approximate surface area is 227 Å². The molecule has 0 spiro atoms. The molecule has 1 aliphatic heterocycles. The van der Waals surface area contributed by atoms with Gasteiger partial charge in [-0.3, -0.25) is 9.59 Å². The number of morpholine rings is 1. The first kappa shape index (κ1) is 25.3. The minimum atomic E-state index is 0.0435. The summed E-state index contributed by atoms with van der Waals surface area (Å²) >= 11 is 1.68. The maximum atomic E-state index is 13.5. The molecule has 3 aromatic rings. The van der Waals surface area contributed by atoms with Crippen molar-refractivity contribution in [1.29, 1.82) is 0 Å². The standard InChI is InChI=1S/C30H36N4O3S/c35-27(33-14-16-37-17-15-33)20-34-19-21(23-10-4-6-12-25(23)34)18-31-30-28(24-11-5-7-13-26(24)38-30)29(36)32-22-8-2-1-3-9-22/h4,6,10,12,18-19,22H,1-3,5,7-9,11,13-17,20H2,(H,32,36). The van der Waals surface area contributed by atoms with Crippen molar-refractivity contribution in [1.82, 2.24) is 14.8 Å². The molecule has 1 N–H and O–H groups in total. The lowest BCUT2D eigenvalue weighted by molar-refractivity contribution is -0.135. The van der Waals surface area contributed by atoms with E-state index in [0.717, 1.165) is 59.1 Å².